The second kappa shape index (κ2) is 9.06. The molecule has 1 aliphatic rings. The van der Waals surface area contributed by atoms with Gasteiger partial charge in [-0.25, -0.2) is 0 Å². The van der Waals surface area contributed by atoms with Crippen molar-refractivity contribution in [3.8, 4) is 5.75 Å². The summed E-state index contributed by atoms with van der Waals surface area (Å²) in [5.41, 5.74) is 1.27. The summed E-state index contributed by atoms with van der Waals surface area (Å²) in [6.07, 6.45) is 5.00. The van der Waals surface area contributed by atoms with Crippen molar-refractivity contribution in [3.63, 3.8) is 0 Å². The van der Waals surface area contributed by atoms with E-state index in [2.05, 4.69) is 48.3 Å². The molecule has 0 aromatic heterocycles. The van der Waals surface area contributed by atoms with Gasteiger partial charge in [0.05, 0.1) is 6.61 Å². The number of para-hydroxylation sites is 1. The highest BCUT2D eigenvalue weighted by Gasteiger charge is 2.12. The van der Waals surface area contributed by atoms with E-state index in [1.165, 1.54) is 38.0 Å². The number of rotatable bonds is 9. The van der Waals surface area contributed by atoms with Crippen molar-refractivity contribution < 1.29 is 4.74 Å². The summed E-state index contributed by atoms with van der Waals surface area (Å²) >= 11 is 0. The van der Waals surface area contributed by atoms with Crippen molar-refractivity contribution in [2.75, 3.05) is 32.8 Å². The molecule has 1 atom stereocenters. The second-order valence-electron chi connectivity index (χ2n) is 5.96. The summed E-state index contributed by atoms with van der Waals surface area (Å²) in [5, 5.41) is 3.54. The number of benzene rings is 1. The monoisotopic (exact) mass is 290 g/mol. The summed E-state index contributed by atoms with van der Waals surface area (Å²) in [6, 6.07) is 8.76. The normalized spacial score (nSPS) is 17.0. The van der Waals surface area contributed by atoms with Crippen molar-refractivity contribution in [2.45, 2.75) is 45.6 Å². The minimum Gasteiger partial charge on any atom is -0.493 e. The molecular weight excluding hydrogens is 260 g/mol. The van der Waals surface area contributed by atoms with Crippen LogP contribution in [-0.2, 0) is 0 Å². The van der Waals surface area contributed by atoms with E-state index in [1.807, 2.05) is 0 Å². The lowest BCUT2D eigenvalue weighted by molar-refractivity contribution is 0.260. The zero-order valence-corrected chi connectivity index (χ0v) is 13.6. The molecule has 21 heavy (non-hydrogen) atoms. The Balaban J connectivity index is 1.78. The Morgan fingerprint density at radius 3 is 2.76 bits per heavy atom. The molecule has 0 aliphatic carbocycles. The molecule has 1 fully saturated rings. The van der Waals surface area contributed by atoms with E-state index in [-0.39, 0.29) is 0 Å². The molecule has 0 amide bonds. The van der Waals surface area contributed by atoms with E-state index >= 15 is 0 Å². The molecule has 2 rings (SSSR count). The van der Waals surface area contributed by atoms with E-state index in [1.54, 1.807) is 0 Å². The molecule has 1 heterocycles. The number of nitrogens with zero attached hydrogens (tertiary/aromatic N) is 1. The molecule has 0 saturated carbocycles. The first-order chi connectivity index (χ1) is 10.3. The van der Waals surface area contributed by atoms with Crippen LogP contribution in [-0.4, -0.2) is 37.7 Å². The molecule has 3 heteroatoms. The Kier molecular flexibility index (Phi) is 7.04. The quantitative estimate of drug-likeness (QED) is 0.703. The fourth-order valence-corrected chi connectivity index (χ4v) is 2.92. The van der Waals surface area contributed by atoms with Crippen LogP contribution in [0.3, 0.4) is 0 Å². The molecule has 1 saturated heterocycles. The summed E-state index contributed by atoms with van der Waals surface area (Å²) in [7, 11) is 0. The minimum atomic E-state index is 0.347. The first kappa shape index (κ1) is 16.3. The number of hydrogen-bond donors (Lipinski definition) is 1. The van der Waals surface area contributed by atoms with Crippen LogP contribution in [0.2, 0.25) is 0 Å². The molecule has 3 nitrogen and oxygen atoms in total. The lowest BCUT2D eigenvalue weighted by atomic mass is 10.1. The maximum absolute atomic E-state index is 6.03. The zero-order valence-electron chi connectivity index (χ0n) is 13.6. The van der Waals surface area contributed by atoms with Crippen LogP contribution in [0, 0.1) is 0 Å². The number of hydrogen-bond acceptors (Lipinski definition) is 3. The number of ether oxygens (including phenoxy) is 1. The summed E-state index contributed by atoms with van der Waals surface area (Å²) in [4.78, 5) is 2.54. The SMILES string of the molecule is CCCNC(C)c1ccccc1OCCCN1CCCC1. The van der Waals surface area contributed by atoms with Crippen LogP contribution >= 0.6 is 0 Å². The van der Waals surface area contributed by atoms with Crippen molar-refractivity contribution in [3.05, 3.63) is 29.8 Å². The van der Waals surface area contributed by atoms with Gasteiger partial charge in [-0.2, -0.15) is 0 Å². The van der Waals surface area contributed by atoms with Crippen molar-refractivity contribution in [1.29, 1.82) is 0 Å². The van der Waals surface area contributed by atoms with Gasteiger partial charge < -0.3 is 15.0 Å². The fraction of sp³-hybridized carbons (Fsp3) is 0.667. The van der Waals surface area contributed by atoms with Gasteiger partial charge in [0, 0.05) is 18.2 Å². The highest BCUT2D eigenvalue weighted by molar-refractivity contribution is 5.35. The van der Waals surface area contributed by atoms with Crippen LogP contribution in [0.5, 0.6) is 5.75 Å². The van der Waals surface area contributed by atoms with Crippen molar-refractivity contribution in [2.24, 2.45) is 0 Å². The van der Waals surface area contributed by atoms with Gasteiger partial charge in [-0.3, -0.25) is 0 Å². The van der Waals surface area contributed by atoms with E-state index < -0.39 is 0 Å². The maximum atomic E-state index is 6.03. The Morgan fingerprint density at radius 1 is 1.24 bits per heavy atom. The average Bonchev–Trinajstić information content (AvgIpc) is 3.03. The third-order valence-corrected chi connectivity index (χ3v) is 4.16. The summed E-state index contributed by atoms with van der Waals surface area (Å²) in [6.45, 7) is 9.98. The van der Waals surface area contributed by atoms with Crippen molar-refractivity contribution in [1.82, 2.24) is 10.2 Å². The van der Waals surface area contributed by atoms with Gasteiger partial charge in [-0.1, -0.05) is 25.1 Å². The highest BCUT2D eigenvalue weighted by atomic mass is 16.5. The Labute approximate surface area is 129 Å². The van der Waals surface area contributed by atoms with Gasteiger partial charge in [0.1, 0.15) is 5.75 Å². The Morgan fingerprint density at radius 2 is 2.00 bits per heavy atom. The average molecular weight is 290 g/mol. The van der Waals surface area contributed by atoms with Gasteiger partial charge in [0.25, 0.3) is 0 Å². The molecular formula is C18H30N2O. The Bertz CT molecular complexity index is 402. The van der Waals surface area contributed by atoms with Gasteiger partial charge in [-0.15, -0.1) is 0 Å². The predicted molar refractivity (Wildman–Crippen MR) is 88.9 cm³/mol. The fourth-order valence-electron chi connectivity index (χ4n) is 2.92. The van der Waals surface area contributed by atoms with E-state index in [9.17, 15) is 0 Å². The molecule has 1 aromatic rings. The summed E-state index contributed by atoms with van der Waals surface area (Å²) < 4.78 is 6.03. The van der Waals surface area contributed by atoms with Crippen molar-refractivity contribution >= 4 is 0 Å². The molecule has 0 radical (unpaired) electrons. The number of likely N-dealkylation sites (tertiary alicyclic amines) is 1. The van der Waals surface area contributed by atoms with E-state index in [4.69, 9.17) is 4.74 Å². The lowest BCUT2D eigenvalue weighted by Gasteiger charge is -2.19. The van der Waals surface area contributed by atoms with Gasteiger partial charge in [-0.05, 0) is 58.3 Å². The standard InChI is InChI=1S/C18H30N2O/c1-3-11-19-16(2)17-9-4-5-10-18(17)21-15-8-14-20-12-6-7-13-20/h4-5,9-10,16,19H,3,6-8,11-15H2,1-2H3. The lowest BCUT2D eigenvalue weighted by Crippen LogP contribution is -2.22. The maximum Gasteiger partial charge on any atom is 0.124 e. The van der Waals surface area contributed by atoms with Gasteiger partial charge >= 0.3 is 0 Å². The minimum absolute atomic E-state index is 0.347. The van der Waals surface area contributed by atoms with Crippen LogP contribution in [0.15, 0.2) is 24.3 Å². The molecule has 118 valence electrons. The van der Waals surface area contributed by atoms with Crippen LogP contribution in [0.4, 0.5) is 0 Å². The third-order valence-electron chi connectivity index (χ3n) is 4.16. The zero-order chi connectivity index (χ0) is 14.9. The third kappa shape index (κ3) is 5.33. The van der Waals surface area contributed by atoms with E-state index in [0.29, 0.717) is 6.04 Å². The van der Waals surface area contributed by atoms with E-state index in [0.717, 1.165) is 31.7 Å². The predicted octanol–water partition coefficient (Wildman–Crippen LogP) is 3.61. The van der Waals surface area contributed by atoms with Crippen LogP contribution in [0.25, 0.3) is 0 Å². The van der Waals surface area contributed by atoms with Gasteiger partial charge in [0.2, 0.25) is 0 Å². The Hall–Kier alpha value is -1.06. The molecule has 0 spiro atoms. The first-order valence-electron chi connectivity index (χ1n) is 8.48. The van der Waals surface area contributed by atoms with Crippen LogP contribution in [0.1, 0.15) is 51.1 Å². The second-order valence-corrected chi connectivity index (χ2v) is 5.96. The molecule has 0 bridgehead atoms. The van der Waals surface area contributed by atoms with Crippen LogP contribution < -0.4 is 10.1 Å². The molecule has 1 unspecified atom stereocenters. The number of nitrogens with one attached hydrogen (secondary N) is 1. The molecule has 1 N–H and O–H groups in total. The largest absolute Gasteiger partial charge is 0.493 e. The molecule has 1 aromatic carbocycles. The topological polar surface area (TPSA) is 24.5 Å². The molecule has 1 aliphatic heterocycles. The first-order valence-corrected chi connectivity index (χ1v) is 8.48. The highest BCUT2D eigenvalue weighted by Crippen LogP contribution is 2.25. The van der Waals surface area contributed by atoms with Gasteiger partial charge in [0.15, 0.2) is 0 Å². The summed E-state index contributed by atoms with van der Waals surface area (Å²) in [5.74, 6) is 1.04. The smallest absolute Gasteiger partial charge is 0.124 e.